The summed E-state index contributed by atoms with van der Waals surface area (Å²) in [4.78, 5) is 0. The van der Waals surface area contributed by atoms with E-state index in [1.54, 1.807) is 6.92 Å². The average molecular weight is 146 g/mol. The van der Waals surface area contributed by atoms with Crippen molar-refractivity contribution in [1.29, 1.82) is 0 Å². The molecule has 0 radical (unpaired) electrons. The van der Waals surface area contributed by atoms with Gasteiger partial charge in [0.2, 0.25) is 0 Å². The van der Waals surface area contributed by atoms with Gasteiger partial charge < -0.3 is 0 Å². The van der Waals surface area contributed by atoms with Gasteiger partial charge in [0, 0.05) is 0 Å². The minimum atomic E-state index is -1.20. The van der Waals surface area contributed by atoms with E-state index in [-0.39, 0.29) is 0 Å². The zero-order valence-electron chi connectivity index (χ0n) is 3.22. The third kappa shape index (κ3) is 4.63. The van der Waals surface area contributed by atoms with Crippen molar-refractivity contribution in [2.45, 2.75) is 12.5 Å². The molecule has 0 N–H and O–H groups in total. The summed E-state index contributed by atoms with van der Waals surface area (Å²) in [7, 11) is 0. The zero-order chi connectivity index (χ0) is 4.99. The van der Waals surface area contributed by atoms with Crippen LogP contribution in [0.5, 0.6) is 0 Å². The van der Waals surface area contributed by atoms with Crippen LogP contribution in [-0.4, -0.2) is 5.56 Å². The molecule has 0 fully saturated rings. The molecule has 0 rings (SSSR count). The molecule has 0 aliphatic heterocycles. The quantitative estimate of drug-likeness (QED) is 0.542. The summed E-state index contributed by atoms with van der Waals surface area (Å²) in [5.74, 6) is 0. The molecule has 2 nitrogen and oxygen atoms in total. The van der Waals surface area contributed by atoms with Crippen LogP contribution in [0.1, 0.15) is 6.92 Å². The van der Waals surface area contributed by atoms with Gasteiger partial charge in [0.15, 0.2) is 0 Å². The Kier molecular flexibility index (Phi) is 4.21. The molecular formula is C2H4ClO2V. The van der Waals surface area contributed by atoms with Crippen LogP contribution in [0.25, 0.3) is 0 Å². The topological polar surface area (TPSA) is 26.3 Å². The maximum absolute atomic E-state index is 9.53. The second-order valence-corrected chi connectivity index (χ2v) is 1.90. The first-order valence-electron chi connectivity index (χ1n) is 1.40. The van der Waals surface area contributed by atoms with Gasteiger partial charge in [0.1, 0.15) is 0 Å². The van der Waals surface area contributed by atoms with Gasteiger partial charge in [-0.25, -0.2) is 0 Å². The summed E-state index contributed by atoms with van der Waals surface area (Å²) in [6.45, 7) is 1.62. The Morgan fingerprint density at radius 1 is 2.00 bits per heavy atom. The Hall–Kier alpha value is 0.634. The molecule has 0 spiro atoms. The molecule has 0 bridgehead atoms. The number of alkyl halides is 1. The van der Waals surface area contributed by atoms with Crippen molar-refractivity contribution in [3.63, 3.8) is 0 Å². The van der Waals surface area contributed by atoms with Gasteiger partial charge in [-0.2, -0.15) is 0 Å². The van der Waals surface area contributed by atoms with Crippen LogP contribution in [0.3, 0.4) is 0 Å². The van der Waals surface area contributed by atoms with E-state index in [9.17, 15) is 3.67 Å². The Morgan fingerprint density at radius 3 is 2.50 bits per heavy atom. The van der Waals surface area contributed by atoms with Crippen LogP contribution >= 0.6 is 11.6 Å². The Labute approximate surface area is 48.5 Å². The molecule has 0 aliphatic rings. The molecule has 1 atom stereocenters. The van der Waals surface area contributed by atoms with Crippen molar-refractivity contribution in [2.75, 3.05) is 0 Å². The molecule has 0 aliphatic carbocycles. The minimum absolute atomic E-state index is 0.400. The van der Waals surface area contributed by atoms with Gasteiger partial charge in [0.05, 0.1) is 0 Å². The van der Waals surface area contributed by atoms with Crippen LogP contribution < -0.4 is 0 Å². The molecule has 36 valence electrons. The van der Waals surface area contributed by atoms with Crippen molar-refractivity contribution in [3.05, 3.63) is 0 Å². The molecule has 0 amide bonds. The average Bonchev–Trinajstić information content (AvgIpc) is 1.35. The van der Waals surface area contributed by atoms with E-state index in [4.69, 9.17) is 11.6 Å². The Balaban J connectivity index is 2.81. The summed E-state index contributed by atoms with van der Waals surface area (Å²) < 4.78 is 13.9. The van der Waals surface area contributed by atoms with Crippen LogP contribution in [0.4, 0.5) is 0 Å². The van der Waals surface area contributed by atoms with Crippen molar-refractivity contribution in [2.24, 2.45) is 0 Å². The van der Waals surface area contributed by atoms with Crippen LogP contribution in [0, 0.1) is 0 Å². The Bertz CT molecular complexity index is 46.8. The van der Waals surface area contributed by atoms with Crippen LogP contribution in [-0.2, 0) is 23.9 Å². The third-order valence-corrected chi connectivity index (χ3v) is 1.10. The first-order valence-corrected chi connectivity index (χ1v) is 2.97. The van der Waals surface area contributed by atoms with Crippen molar-refractivity contribution in [1.82, 2.24) is 0 Å². The summed E-state index contributed by atoms with van der Waals surface area (Å²) in [5, 5.41) is 0. The zero-order valence-corrected chi connectivity index (χ0v) is 5.37. The van der Waals surface area contributed by atoms with Crippen molar-refractivity contribution in [3.8, 4) is 0 Å². The van der Waals surface area contributed by atoms with Crippen molar-refractivity contribution >= 4 is 11.6 Å². The Morgan fingerprint density at radius 2 is 2.50 bits per heavy atom. The number of halogens is 1. The fourth-order valence-electron chi connectivity index (χ4n) is 0.0593. The summed E-state index contributed by atoms with van der Waals surface area (Å²) in [5.41, 5.74) is -0.400. The predicted molar refractivity (Wildman–Crippen MR) is 17.1 cm³/mol. The van der Waals surface area contributed by atoms with E-state index >= 15 is 0 Å². The van der Waals surface area contributed by atoms with E-state index in [2.05, 4.69) is 3.66 Å². The SMILES string of the molecule is CC(Cl)[O][V]=[O]. The molecule has 6 heavy (non-hydrogen) atoms. The van der Waals surface area contributed by atoms with Crippen molar-refractivity contribution < 1.29 is 23.9 Å². The number of hydrogen-bond donors (Lipinski definition) is 0. The number of rotatable bonds is 2. The molecule has 0 saturated heterocycles. The molecule has 0 aromatic carbocycles. The van der Waals surface area contributed by atoms with Gasteiger partial charge >= 0.3 is 48.0 Å². The fourth-order valence-corrected chi connectivity index (χ4v) is 0.379. The first-order chi connectivity index (χ1) is 2.77. The van der Waals surface area contributed by atoms with Gasteiger partial charge in [-0.15, -0.1) is 0 Å². The molecule has 4 heteroatoms. The summed E-state index contributed by atoms with van der Waals surface area (Å²) in [6, 6.07) is 0. The standard InChI is InChI=1S/C2H4ClO.O.V/c1-2(3)4;;/h2H,1H3;;/q-1;;+1. The molecule has 0 saturated carbocycles. The molecule has 0 heterocycles. The van der Waals surface area contributed by atoms with E-state index in [0.717, 1.165) is 0 Å². The summed E-state index contributed by atoms with van der Waals surface area (Å²) in [6.07, 6.45) is 0. The van der Waals surface area contributed by atoms with E-state index < -0.39 is 22.2 Å². The monoisotopic (exact) mass is 146 g/mol. The van der Waals surface area contributed by atoms with Gasteiger partial charge in [-0.1, -0.05) is 0 Å². The predicted octanol–water partition coefficient (Wildman–Crippen LogP) is 0.931. The fraction of sp³-hybridized carbons (Fsp3) is 1.00. The first kappa shape index (κ1) is 6.63. The van der Waals surface area contributed by atoms with Gasteiger partial charge in [-0.05, 0) is 0 Å². The summed E-state index contributed by atoms with van der Waals surface area (Å²) >= 11 is 3.98. The molecule has 0 aromatic rings. The maximum atomic E-state index is 9.53. The second kappa shape index (κ2) is 3.81. The van der Waals surface area contributed by atoms with Gasteiger partial charge in [0.25, 0.3) is 0 Å². The molecular weight excluding hydrogens is 142 g/mol. The van der Waals surface area contributed by atoms with Crippen LogP contribution in [0.15, 0.2) is 0 Å². The third-order valence-electron chi connectivity index (χ3n) is 0.188. The second-order valence-electron chi connectivity index (χ2n) is 0.723. The molecule has 0 aromatic heterocycles. The van der Waals surface area contributed by atoms with Crippen LogP contribution in [0.2, 0.25) is 0 Å². The van der Waals surface area contributed by atoms with E-state index in [1.165, 1.54) is 0 Å². The van der Waals surface area contributed by atoms with Gasteiger partial charge in [-0.3, -0.25) is 0 Å². The number of hydrogen-bond acceptors (Lipinski definition) is 2. The molecule has 1 unspecified atom stereocenters. The normalized spacial score (nSPS) is 13.7. The van der Waals surface area contributed by atoms with E-state index in [0.29, 0.717) is 0 Å². The van der Waals surface area contributed by atoms with E-state index in [1.807, 2.05) is 0 Å².